The minimum Gasteiger partial charge on any atom is -0.310 e. The van der Waals surface area contributed by atoms with E-state index in [-0.39, 0.29) is 0 Å². The van der Waals surface area contributed by atoms with E-state index in [9.17, 15) is 0 Å². The Kier molecular flexibility index (Phi) is 4.06. The predicted molar refractivity (Wildman–Crippen MR) is 79.1 cm³/mol. The number of hydrogen-bond donors (Lipinski definition) is 1. The van der Waals surface area contributed by atoms with Crippen LogP contribution in [0.3, 0.4) is 0 Å². The lowest BCUT2D eigenvalue weighted by molar-refractivity contribution is 0.335. The summed E-state index contributed by atoms with van der Waals surface area (Å²) in [5, 5.41) is 6.05. The van der Waals surface area contributed by atoms with E-state index in [1.165, 1.54) is 36.7 Å². The van der Waals surface area contributed by atoms with Gasteiger partial charge in [-0.2, -0.15) is 0 Å². The number of hydrogen-bond acceptors (Lipinski definition) is 3. The third-order valence-electron chi connectivity index (χ3n) is 3.85. The van der Waals surface area contributed by atoms with Gasteiger partial charge in [0, 0.05) is 31.2 Å². The molecule has 3 rings (SSSR count). The molecule has 0 saturated carbocycles. The summed E-state index contributed by atoms with van der Waals surface area (Å²) in [5.41, 5.74) is 1.15. The SMILES string of the molecule is c1ccc2c(CNCCN3CCCC3)nccc2c1. The van der Waals surface area contributed by atoms with Crippen LogP contribution >= 0.6 is 0 Å². The molecule has 1 aliphatic heterocycles. The van der Waals surface area contributed by atoms with Crippen LogP contribution in [0.5, 0.6) is 0 Å². The van der Waals surface area contributed by atoms with Crippen LogP contribution in [0.4, 0.5) is 0 Å². The van der Waals surface area contributed by atoms with Crippen molar-refractivity contribution in [3.8, 4) is 0 Å². The molecule has 1 fully saturated rings. The van der Waals surface area contributed by atoms with Gasteiger partial charge in [0.1, 0.15) is 0 Å². The molecule has 0 aliphatic carbocycles. The van der Waals surface area contributed by atoms with Crippen molar-refractivity contribution < 1.29 is 0 Å². The van der Waals surface area contributed by atoms with Crippen LogP contribution in [0.2, 0.25) is 0 Å². The average molecular weight is 255 g/mol. The highest BCUT2D eigenvalue weighted by molar-refractivity contribution is 5.84. The van der Waals surface area contributed by atoms with Crippen LogP contribution in [-0.2, 0) is 6.54 Å². The molecule has 1 saturated heterocycles. The zero-order valence-corrected chi connectivity index (χ0v) is 11.3. The van der Waals surface area contributed by atoms with Crippen molar-refractivity contribution in [1.82, 2.24) is 15.2 Å². The molecule has 1 aromatic carbocycles. The largest absolute Gasteiger partial charge is 0.310 e. The van der Waals surface area contributed by atoms with Gasteiger partial charge in [-0.3, -0.25) is 4.98 Å². The van der Waals surface area contributed by atoms with Gasteiger partial charge in [-0.05, 0) is 37.4 Å². The predicted octanol–water partition coefficient (Wildman–Crippen LogP) is 2.42. The lowest BCUT2D eigenvalue weighted by Crippen LogP contribution is -2.29. The van der Waals surface area contributed by atoms with Crippen LogP contribution in [0.15, 0.2) is 36.5 Å². The van der Waals surface area contributed by atoms with Crippen molar-refractivity contribution >= 4 is 10.8 Å². The molecule has 1 N–H and O–H groups in total. The summed E-state index contributed by atoms with van der Waals surface area (Å²) in [6, 6.07) is 10.5. The second-order valence-corrected chi connectivity index (χ2v) is 5.20. The first-order chi connectivity index (χ1) is 9.43. The summed E-state index contributed by atoms with van der Waals surface area (Å²) >= 11 is 0. The summed E-state index contributed by atoms with van der Waals surface area (Å²) < 4.78 is 0. The Morgan fingerprint density at radius 3 is 2.84 bits per heavy atom. The fraction of sp³-hybridized carbons (Fsp3) is 0.438. The van der Waals surface area contributed by atoms with E-state index in [0.717, 1.165) is 25.3 Å². The number of aromatic nitrogens is 1. The number of benzene rings is 1. The molecule has 0 radical (unpaired) electrons. The topological polar surface area (TPSA) is 28.2 Å². The smallest absolute Gasteiger partial charge is 0.0619 e. The maximum Gasteiger partial charge on any atom is 0.0619 e. The maximum absolute atomic E-state index is 4.50. The van der Waals surface area contributed by atoms with Crippen molar-refractivity contribution in [1.29, 1.82) is 0 Å². The van der Waals surface area contributed by atoms with Crippen molar-refractivity contribution in [3.05, 3.63) is 42.2 Å². The first-order valence-electron chi connectivity index (χ1n) is 7.19. The number of likely N-dealkylation sites (tertiary alicyclic amines) is 1. The van der Waals surface area contributed by atoms with Crippen LogP contribution in [0.1, 0.15) is 18.5 Å². The van der Waals surface area contributed by atoms with Gasteiger partial charge in [-0.1, -0.05) is 24.3 Å². The molecule has 2 aromatic rings. The monoisotopic (exact) mass is 255 g/mol. The molecule has 2 heterocycles. The molecule has 1 aliphatic rings. The molecule has 19 heavy (non-hydrogen) atoms. The minimum atomic E-state index is 0.856. The molecule has 0 bridgehead atoms. The lowest BCUT2D eigenvalue weighted by Gasteiger charge is -2.14. The Morgan fingerprint density at radius 2 is 1.95 bits per heavy atom. The van der Waals surface area contributed by atoms with E-state index in [4.69, 9.17) is 0 Å². The Morgan fingerprint density at radius 1 is 1.11 bits per heavy atom. The van der Waals surface area contributed by atoms with Crippen molar-refractivity contribution in [2.75, 3.05) is 26.2 Å². The summed E-state index contributed by atoms with van der Waals surface area (Å²) in [6.07, 6.45) is 4.63. The van der Waals surface area contributed by atoms with Gasteiger partial charge in [0.25, 0.3) is 0 Å². The van der Waals surface area contributed by atoms with Crippen LogP contribution in [0, 0.1) is 0 Å². The molecular formula is C16H21N3. The van der Waals surface area contributed by atoms with E-state index in [1.807, 2.05) is 6.20 Å². The molecule has 3 heteroatoms. The van der Waals surface area contributed by atoms with Crippen molar-refractivity contribution in [2.24, 2.45) is 0 Å². The van der Waals surface area contributed by atoms with E-state index in [1.54, 1.807) is 0 Å². The number of rotatable bonds is 5. The minimum absolute atomic E-state index is 0.856. The van der Waals surface area contributed by atoms with E-state index in [0.29, 0.717) is 0 Å². The molecule has 0 atom stereocenters. The van der Waals surface area contributed by atoms with Crippen LogP contribution in [-0.4, -0.2) is 36.1 Å². The maximum atomic E-state index is 4.50. The third kappa shape index (κ3) is 3.11. The standard InChI is InChI=1S/C16H21N3/c1-2-6-15-14(5-1)7-8-18-16(15)13-17-9-12-19-10-3-4-11-19/h1-2,5-8,17H,3-4,9-13H2. The number of nitrogens with zero attached hydrogens (tertiary/aromatic N) is 2. The van der Waals surface area contributed by atoms with Crippen molar-refractivity contribution in [3.63, 3.8) is 0 Å². The van der Waals surface area contributed by atoms with Gasteiger partial charge in [0.05, 0.1) is 5.69 Å². The normalized spacial score (nSPS) is 16.2. The molecule has 1 aromatic heterocycles. The van der Waals surface area contributed by atoms with Gasteiger partial charge in [0.2, 0.25) is 0 Å². The van der Waals surface area contributed by atoms with Gasteiger partial charge in [0.15, 0.2) is 0 Å². The van der Waals surface area contributed by atoms with E-state index in [2.05, 4.69) is 45.5 Å². The van der Waals surface area contributed by atoms with E-state index < -0.39 is 0 Å². The Bertz CT molecular complexity index is 527. The average Bonchev–Trinajstić information content (AvgIpc) is 2.97. The first kappa shape index (κ1) is 12.6. The zero-order valence-electron chi connectivity index (χ0n) is 11.3. The highest BCUT2D eigenvalue weighted by Gasteiger charge is 2.10. The lowest BCUT2D eigenvalue weighted by atomic mass is 10.1. The molecular weight excluding hydrogens is 234 g/mol. The molecule has 0 spiro atoms. The molecule has 0 unspecified atom stereocenters. The first-order valence-corrected chi connectivity index (χ1v) is 7.19. The highest BCUT2D eigenvalue weighted by Crippen LogP contribution is 2.15. The summed E-state index contributed by atoms with van der Waals surface area (Å²) in [4.78, 5) is 7.03. The third-order valence-corrected chi connectivity index (χ3v) is 3.85. The van der Waals surface area contributed by atoms with Gasteiger partial charge < -0.3 is 10.2 Å². The highest BCUT2D eigenvalue weighted by atomic mass is 15.1. The van der Waals surface area contributed by atoms with Gasteiger partial charge in [-0.15, -0.1) is 0 Å². The summed E-state index contributed by atoms with van der Waals surface area (Å²) in [7, 11) is 0. The Hall–Kier alpha value is -1.45. The fourth-order valence-electron chi connectivity index (χ4n) is 2.77. The fourth-order valence-corrected chi connectivity index (χ4v) is 2.77. The zero-order chi connectivity index (χ0) is 12.9. The number of nitrogens with one attached hydrogen (secondary N) is 1. The second kappa shape index (κ2) is 6.13. The Labute approximate surface area is 114 Å². The second-order valence-electron chi connectivity index (χ2n) is 5.20. The number of pyridine rings is 1. The molecule has 0 amide bonds. The van der Waals surface area contributed by atoms with Crippen LogP contribution in [0.25, 0.3) is 10.8 Å². The summed E-state index contributed by atoms with van der Waals surface area (Å²) in [6.45, 7) is 5.60. The molecule has 3 nitrogen and oxygen atoms in total. The molecule has 100 valence electrons. The summed E-state index contributed by atoms with van der Waals surface area (Å²) in [5.74, 6) is 0. The van der Waals surface area contributed by atoms with E-state index >= 15 is 0 Å². The number of fused-ring (bicyclic) bond motifs is 1. The quantitative estimate of drug-likeness (QED) is 0.832. The Balaban J connectivity index is 1.56. The van der Waals surface area contributed by atoms with Crippen molar-refractivity contribution in [2.45, 2.75) is 19.4 Å². The van der Waals surface area contributed by atoms with Gasteiger partial charge in [-0.25, -0.2) is 0 Å². The van der Waals surface area contributed by atoms with Gasteiger partial charge >= 0.3 is 0 Å². The van der Waals surface area contributed by atoms with Crippen LogP contribution < -0.4 is 5.32 Å².